The quantitative estimate of drug-likeness (QED) is 0.0503. The van der Waals surface area contributed by atoms with Crippen LogP contribution in [0.1, 0.15) is 220 Å². The maximum atomic E-state index is 11.1. The lowest BCUT2D eigenvalue weighted by Crippen LogP contribution is -2.21. The van der Waals surface area contributed by atoms with Crippen LogP contribution < -0.4 is 5.73 Å². The van der Waals surface area contributed by atoms with Crippen LogP contribution in [0, 0.1) is 11.8 Å². The van der Waals surface area contributed by atoms with Crippen molar-refractivity contribution in [3.63, 3.8) is 0 Å². The molecule has 0 aliphatic heterocycles. The highest BCUT2D eigenvalue weighted by Crippen LogP contribution is 2.20. The lowest BCUT2D eigenvalue weighted by molar-refractivity contribution is -0.111. The first-order chi connectivity index (χ1) is 24.5. The van der Waals surface area contributed by atoms with E-state index < -0.39 is 0 Å². The molecule has 0 aromatic carbocycles. The number of unbranched alkanes of at least 4 members (excludes halogenated alkanes) is 20. The van der Waals surface area contributed by atoms with E-state index >= 15 is 0 Å². The van der Waals surface area contributed by atoms with Gasteiger partial charge in [0.25, 0.3) is 0 Å². The van der Waals surface area contributed by atoms with Crippen LogP contribution in [-0.4, -0.2) is 50.1 Å². The number of carbonyl (C=O) groups excluding carboxylic acids is 3. The number of hydrogen-bond donors (Lipinski definition) is 1. The van der Waals surface area contributed by atoms with E-state index in [0.717, 1.165) is 49.4 Å². The Morgan fingerprint density at radius 2 is 0.880 bits per heavy atom. The Bertz CT molecular complexity index is 635. The summed E-state index contributed by atoms with van der Waals surface area (Å²) in [7, 11) is 1.85. The van der Waals surface area contributed by atoms with E-state index in [1.807, 2.05) is 7.11 Å². The number of methoxy groups -OCH3 is 1. The average molecular weight is 728 g/mol. The molecule has 0 saturated carbocycles. The molecule has 0 amide bonds. The van der Waals surface area contributed by atoms with Gasteiger partial charge in [0.2, 0.25) is 0 Å². The number of rotatable bonds is 38. The van der Waals surface area contributed by atoms with Crippen LogP contribution in [0.15, 0.2) is 0 Å². The number of thioether (sulfide) groups is 1. The average Bonchev–Trinajstić information content (AvgIpc) is 3.13. The number of hydrogen-bond acceptors (Lipinski definition) is 6. The van der Waals surface area contributed by atoms with Gasteiger partial charge in [0.15, 0.2) is 0 Å². The molecule has 3 unspecified atom stereocenters. The number of carbonyl (C=O) groups is 3. The zero-order valence-electron chi connectivity index (χ0n) is 34.4. The van der Waals surface area contributed by atoms with E-state index in [9.17, 15) is 14.4 Å². The molecule has 0 heterocycles. The highest BCUT2D eigenvalue weighted by Gasteiger charge is 2.08. The molecule has 0 aliphatic carbocycles. The molecule has 6 heteroatoms. The van der Waals surface area contributed by atoms with E-state index in [-0.39, 0.29) is 6.04 Å². The van der Waals surface area contributed by atoms with Crippen molar-refractivity contribution in [2.45, 2.75) is 226 Å². The zero-order chi connectivity index (χ0) is 37.6. The van der Waals surface area contributed by atoms with Gasteiger partial charge in [0.05, 0.1) is 6.04 Å². The van der Waals surface area contributed by atoms with Gasteiger partial charge in [-0.3, -0.25) is 0 Å². The fourth-order valence-corrected chi connectivity index (χ4v) is 7.05. The molecule has 0 fully saturated rings. The second-order valence-corrected chi connectivity index (χ2v) is 15.8. The number of nitrogens with two attached hydrogens (primary N) is 1. The molecule has 0 aliphatic rings. The van der Waals surface area contributed by atoms with E-state index in [1.165, 1.54) is 173 Å². The van der Waals surface area contributed by atoms with Crippen molar-refractivity contribution in [3.8, 4) is 0 Å². The molecule has 50 heavy (non-hydrogen) atoms. The van der Waals surface area contributed by atoms with Gasteiger partial charge in [-0.05, 0) is 49.5 Å². The van der Waals surface area contributed by atoms with Crippen LogP contribution in [0.3, 0.4) is 0 Å². The van der Waals surface area contributed by atoms with Gasteiger partial charge in [-0.2, -0.15) is 11.8 Å². The monoisotopic (exact) mass is 728 g/mol. The summed E-state index contributed by atoms with van der Waals surface area (Å²) in [5, 5.41) is 0. The van der Waals surface area contributed by atoms with E-state index in [2.05, 4.69) is 27.7 Å². The second kappa shape index (κ2) is 50.4. The Morgan fingerprint density at radius 3 is 1.24 bits per heavy atom. The fraction of sp³-hybridized carbons (Fsp3) is 0.932. The Morgan fingerprint density at radius 1 is 0.500 bits per heavy atom. The van der Waals surface area contributed by atoms with Gasteiger partial charge < -0.3 is 24.9 Å². The van der Waals surface area contributed by atoms with Gasteiger partial charge >= 0.3 is 0 Å². The molecular weight excluding hydrogens is 639 g/mol. The maximum absolute atomic E-state index is 11.1. The van der Waals surface area contributed by atoms with Crippen molar-refractivity contribution in [2.24, 2.45) is 17.6 Å². The third kappa shape index (κ3) is 49.4. The van der Waals surface area contributed by atoms with Crippen LogP contribution >= 0.6 is 11.8 Å². The summed E-state index contributed by atoms with van der Waals surface area (Å²) in [6.45, 7) is 10.1. The SMILES string of the molecule is CCCCCCCCC(CCCCCC)COC.CCCCCCCCCCC(C=O)CCCCCCCC.NC(C=O)CCSCCC=O. The first-order valence-electron chi connectivity index (χ1n) is 21.7. The van der Waals surface area contributed by atoms with Gasteiger partial charge in [-0.1, -0.05) is 182 Å². The van der Waals surface area contributed by atoms with E-state index in [0.29, 0.717) is 18.8 Å². The summed E-state index contributed by atoms with van der Waals surface area (Å²) in [4.78, 5) is 31.0. The molecule has 0 spiro atoms. The predicted octanol–water partition coefficient (Wildman–Crippen LogP) is 13.3. The largest absolute Gasteiger partial charge is 0.384 e. The Labute approximate surface area is 318 Å². The van der Waals surface area contributed by atoms with E-state index in [4.69, 9.17) is 10.5 Å². The molecule has 0 rings (SSSR count). The minimum atomic E-state index is -0.335. The maximum Gasteiger partial charge on any atom is 0.136 e. The van der Waals surface area contributed by atoms with Gasteiger partial charge in [-0.25, -0.2) is 0 Å². The number of ether oxygens (including phenoxy) is 1. The first-order valence-corrected chi connectivity index (χ1v) is 22.8. The minimum Gasteiger partial charge on any atom is -0.384 e. The fourth-order valence-electron chi connectivity index (χ4n) is 6.15. The van der Waals surface area contributed by atoms with Gasteiger partial charge in [0.1, 0.15) is 18.9 Å². The molecule has 0 aromatic heterocycles. The Balaban J connectivity index is -0.000000694. The topological polar surface area (TPSA) is 86.5 Å². The van der Waals surface area contributed by atoms with Crippen LogP contribution in [-0.2, 0) is 19.1 Å². The van der Waals surface area contributed by atoms with Crippen molar-refractivity contribution in [2.75, 3.05) is 25.2 Å². The van der Waals surface area contributed by atoms with Crippen molar-refractivity contribution in [1.82, 2.24) is 0 Å². The minimum absolute atomic E-state index is 0.335. The smallest absolute Gasteiger partial charge is 0.136 e. The number of aldehydes is 3. The van der Waals surface area contributed by atoms with Crippen molar-refractivity contribution in [3.05, 3.63) is 0 Å². The summed E-state index contributed by atoms with van der Waals surface area (Å²) >= 11 is 1.65. The molecule has 300 valence electrons. The predicted molar refractivity (Wildman–Crippen MR) is 224 cm³/mol. The summed E-state index contributed by atoms with van der Waals surface area (Å²) in [6.07, 6.45) is 42.1. The molecule has 5 nitrogen and oxygen atoms in total. The molecule has 3 atom stereocenters. The highest BCUT2D eigenvalue weighted by molar-refractivity contribution is 7.99. The summed E-state index contributed by atoms with van der Waals surface area (Å²) in [5.41, 5.74) is 5.34. The van der Waals surface area contributed by atoms with Gasteiger partial charge in [-0.15, -0.1) is 0 Å². The summed E-state index contributed by atoms with van der Waals surface area (Å²) in [6, 6.07) is -0.335. The molecule has 2 N–H and O–H groups in total. The van der Waals surface area contributed by atoms with E-state index in [1.54, 1.807) is 11.8 Å². The van der Waals surface area contributed by atoms with Crippen LogP contribution in [0.4, 0.5) is 0 Å². The lowest BCUT2D eigenvalue weighted by atomic mass is 9.95. The molecule has 0 saturated heterocycles. The second-order valence-electron chi connectivity index (χ2n) is 14.6. The van der Waals surface area contributed by atoms with Crippen LogP contribution in [0.25, 0.3) is 0 Å². The molecular formula is C44H89NO4S. The normalized spacial score (nSPS) is 12.6. The zero-order valence-corrected chi connectivity index (χ0v) is 35.2. The van der Waals surface area contributed by atoms with Gasteiger partial charge in [0, 0.05) is 26.1 Å². The van der Waals surface area contributed by atoms with Crippen LogP contribution in [0.5, 0.6) is 0 Å². The summed E-state index contributed by atoms with van der Waals surface area (Å²) < 4.78 is 5.36. The highest BCUT2D eigenvalue weighted by atomic mass is 32.2. The third-order valence-corrected chi connectivity index (χ3v) is 10.6. The van der Waals surface area contributed by atoms with Crippen molar-refractivity contribution in [1.29, 1.82) is 0 Å². The Hall–Kier alpha value is -0.720. The first kappa shape index (κ1) is 53.6. The van der Waals surface area contributed by atoms with Crippen LogP contribution in [0.2, 0.25) is 0 Å². The molecule has 0 bridgehead atoms. The van der Waals surface area contributed by atoms with Crippen molar-refractivity contribution >= 4 is 30.6 Å². The Kier molecular flexibility index (Phi) is 54.0. The lowest BCUT2D eigenvalue weighted by Gasteiger charge is -2.15. The standard InChI is InChI=1S/C20H40O.C17H36O.C7H13NO2S/c1-3-5-7-9-11-12-14-16-18-20(19-21)17-15-13-10-8-6-4-2;1-4-6-8-10-11-13-15-17(16-18-3)14-12-9-7-5-2;8-7(6-10)2-5-11-4-1-3-9/h19-20H,3-18H2,1-2H3;17H,4-16H2,1-3H3;3,6-7H,1-2,4-5,8H2. The molecule has 0 radical (unpaired) electrons. The third-order valence-electron chi connectivity index (χ3n) is 9.53. The molecule has 0 aromatic rings. The summed E-state index contributed by atoms with van der Waals surface area (Å²) in [5.74, 6) is 2.84. The van der Waals surface area contributed by atoms with Crippen molar-refractivity contribution < 1.29 is 19.1 Å².